The van der Waals surface area contributed by atoms with Crippen molar-refractivity contribution >= 4 is 6.29 Å². The molecule has 1 nitrogen and oxygen atoms in total. The fraction of sp³-hybridized carbons (Fsp3) is 0.350. The first-order valence-corrected chi connectivity index (χ1v) is 7.90. The van der Waals surface area contributed by atoms with Crippen LogP contribution in [0.3, 0.4) is 0 Å². The highest BCUT2D eigenvalue weighted by molar-refractivity contribution is 5.76. The highest BCUT2D eigenvalue weighted by atomic mass is 16.1. The number of aldehydes is 1. The van der Waals surface area contributed by atoms with Gasteiger partial charge in [0.15, 0.2) is 0 Å². The lowest BCUT2D eigenvalue weighted by atomic mass is 9.93. The zero-order valence-electron chi connectivity index (χ0n) is 13.0. The Labute approximate surface area is 128 Å². The van der Waals surface area contributed by atoms with Crippen molar-refractivity contribution in [2.45, 2.75) is 45.4 Å². The molecule has 21 heavy (non-hydrogen) atoms. The van der Waals surface area contributed by atoms with Gasteiger partial charge in [0.2, 0.25) is 0 Å². The van der Waals surface area contributed by atoms with E-state index in [-0.39, 0.29) is 0 Å². The van der Waals surface area contributed by atoms with Gasteiger partial charge in [0.05, 0.1) is 0 Å². The number of carbonyl (C=O) groups excluding carboxylic acids is 1. The molecule has 1 unspecified atom stereocenters. The first-order valence-electron chi connectivity index (χ1n) is 7.90. The van der Waals surface area contributed by atoms with E-state index in [1.165, 1.54) is 36.8 Å². The summed E-state index contributed by atoms with van der Waals surface area (Å²) in [5, 5.41) is 0. The van der Waals surface area contributed by atoms with Crippen LogP contribution in [0.15, 0.2) is 48.5 Å². The minimum absolute atomic E-state index is 0.628. The van der Waals surface area contributed by atoms with Crippen LogP contribution in [0.5, 0.6) is 0 Å². The number of carbonyl (C=O) groups is 1. The van der Waals surface area contributed by atoms with E-state index in [4.69, 9.17) is 0 Å². The summed E-state index contributed by atoms with van der Waals surface area (Å²) in [6.45, 7) is 4.55. The fourth-order valence-electron chi connectivity index (χ4n) is 2.63. The van der Waals surface area contributed by atoms with E-state index in [0.29, 0.717) is 5.92 Å². The van der Waals surface area contributed by atoms with Crippen molar-refractivity contribution < 1.29 is 4.79 Å². The quantitative estimate of drug-likeness (QED) is 0.459. The summed E-state index contributed by atoms with van der Waals surface area (Å²) in [5.74, 6) is 0.628. The van der Waals surface area contributed by atoms with E-state index in [9.17, 15) is 4.79 Å². The maximum Gasteiger partial charge on any atom is 0.150 e. The summed E-state index contributed by atoms with van der Waals surface area (Å²) in [7, 11) is 0. The van der Waals surface area contributed by atoms with Crippen molar-refractivity contribution in [3.05, 3.63) is 59.7 Å². The molecule has 2 rings (SSSR count). The normalized spacial score (nSPS) is 12.1. The van der Waals surface area contributed by atoms with Crippen LogP contribution >= 0.6 is 0 Å². The second-order valence-electron chi connectivity index (χ2n) is 5.76. The van der Waals surface area contributed by atoms with Crippen LogP contribution in [0.1, 0.15) is 61.4 Å². The van der Waals surface area contributed by atoms with E-state index in [1.807, 2.05) is 24.3 Å². The average Bonchev–Trinajstić information content (AvgIpc) is 2.55. The zero-order valence-corrected chi connectivity index (χ0v) is 13.0. The van der Waals surface area contributed by atoms with E-state index in [1.54, 1.807) is 0 Å². The van der Waals surface area contributed by atoms with Crippen LogP contribution < -0.4 is 0 Å². The molecule has 0 heterocycles. The second-order valence-corrected chi connectivity index (χ2v) is 5.76. The van der Waals surface area contributed by atoms with Gasteiger partial charge in [0, 0.05) is 5.56 Å². The average molecular weight is 280 g/mol. The Morgan fingerprint density at radius 2 is 1.48 bits per heavy atom. The van der Waals surface area contributed by atoms with Crippen molar-refractivity contribution in [2.75, 3.05) is 0 Å². The van der Waals surface area contributed by atoms with Gasteiger partial charge in [-0.05, 0) is 29.0 Å². The maximum atomic E-state index is 10.7. The predicted octanol–water partition coefficient (Wildman–Crippen LogP) is 5.85. The molecule has 0 saturated carbocycles. The van der Waals surface area contributed by atoms with Gasteiger partial charge in [-0.15, -0.1) is 0 Å². The van der Waals surface area contributed by atoms with Gasteiger partial charge >= 0.3 is 0 Å². The van der Waals surface area contributed by atoms with Gasteiger partial charge in [-0.1, -0.05) is 81.6 Å². The van der Waals surface area contributed by atoms with Gasteiger partial charge in [0.1, 0.15) is 6.29 Å². The van der Waals surface area contributed by atoms with Crippen LogP contribution in [-0.4, -0.2) is 6.29 Å². The summed E-state index contributed by atoms with van der Waals surface area (Å²) in [4.78, 5) is 10.7. The minimum atomic E-state index is 0.628. The van der Waals surface area contributed by atoms with Crippen LogP contribution in [0.4, 0.5) is 0 Å². The summed E-state index contributed by atoms with van der Waals surface area (Å²) < 4.78 is 0. The number of hydrogen-bond donors (Lipinski definition) is 0. The highest BCUT2D eigenvalue weighted by Gasteiger charge is 2.05. The van der Waals surface area contributed by atoms with Crippen LogP contribution in [0, 0.1) is 0 Å². The number of rotatable bonds is 7. The molecular formula is C20H24O. The Balaban J connectivity index is 2.05. The maximum absolute atomic E-state index is 10.7. The summed E-state index contributed by atoms with van der Waals surface area (Å²) in [5.41, 5.74) is 4.50. The molecule has 0 radical (unpaired) electrons. The van der Waals surface area contributed by atoms with E-state index in [0.717, 1.165) is 17.4 Å². The van der Waals surface area contributed by atoms with E-state index < -0.39 is 0 Å². The third kappa shape index (κ3) is 4.29. The molecule has 0 aliphatic rings. The molecule has 0 N–H and O–H groups in total. The van der Waals surface area contributed by atoms with Crippen LogP contribution in [0.25, 0.3) is 11.1 Å². The van der Waals surface area contributed by atoms with Crippen molar-refractivity contribution in [1.82, 2.24) is 0 Å². The van der Waals surface area contributed by atoms with Gasteiger partial charge in [0.25, 0.3) is 0 Å². The largest absolute Gasteiger partial charge is 0.298 e. The molecule has 1 heteroatoms. The van der Waals surface area contributed by atoms with Crippen LogP contribution in [0.2, 0.25) is 0 Å². The molecule has 0 bridgehead atoms. The van der Waals surface area contributed by atoms with E-state index in [2.05, 4.69) is 38.1 Å². The van der Waals surface area contributed by atoms with Gasteiger partial charge in [-0.2, -0.15) is 0 Å². The molecule has 0 amide bonds. The first-order chi connectivity index (χ1) is 10.2. The molecule has 110 valence electrons. The van der Waals surface area contributed by atoms with Crippen molar-refractivity contribution in [1.29, 1.82) is 0 Å². The highest BCUT2D eigenvalue weighted by Crippen LogP contribution is 2.25. The summed E-state index contributed by atoms with van der Waals surface area (Å²) >= 11 is 0. The number of unbranched alkanes of at least 4 members (excludes halogenated alkanes) is 2. The van der Waals surface area contributed by atoms with Gasteiger partial charge < -0.3 is 0 Å². The molecule has 2 aromatic rings. The Hall–Kier alpha value is -1.89. The predicted molar refractivity (Wildman–Crippen MR) is 89.8 cm³/mol. The molecule has 0 spiro atoms. The minimum Gasteiger partial charge on any atom is -0.298 e. The molecule has 0 aliphatic heterocycles. The SMILES string of the molecule is CCCCCC(C)c1ccc(-c2ccc(C=O)cc2)cc1. The Bertz CT molecular complexity index is 551. The lowest BCUT2D eigenvalue weighted by Gasteiger charge is -2.12. The molecule has 0 saturated heterocycles. The number of hydrogen-bond acceptors (Lipinski definition) is 1. The van der Waals surface area contributed by atoms with Gasteiger partial charge in [-0.3, -0.25) is 4.79 Å². The monoisotopic (exact) mass is 280 g/mol. The zero-order chi connectivity index (χ0) is 15.1. The molecule has 2 aromatic carbocycles. The molecule has 1 atom stereocenters. The van der Waals surface area contributed by atoms with Gasteiger partial charge in [-0.25, -0.2) is 0 Å². The first kappa shape index (κ1) is 15.5. The van der Waals surface area contributed by atoms with Crippen molar-refractivity contribution in [3.8, 4) is 11.1 Å². The smallest absolute Gasteiger partial charge is 0.150 e. The molecule has 0 fully saturated rings. The molecule has 0 aromatic heterocycles. The van der Waals surface area contributed by atoms with E-state index >= 15 is 0 Å². The lowest BCUT2D eigenvalue weighted by Crippen LogP contribution is -1.93. The lowest BCUT2D eigenvalue weighted by molar-refractivity contribution is 0.112. The topological polar surface area (TPSA) is 17.1 Å². The number of benzene rings is 2. The van der Waals surface area contributed by atoms with Crippen LogP contribution in [-0.2, 0) is 0 Å². The third-order valence-electron chi connectivity index (χ3n) is 4.10. The third-order valence-corrected chi connectivity index (χ3v) is 4.10. The second kappa shape index (κ2) is 7.78. The Morgan fingerprint density at radius 1 is 0.905 bits per heavy atom. The summed E-state index contributed by atoms with van der Waals surface area (Å²) in [6.07, 6.45) is 6.06. The standard InChI is InChI=1S/C20H24O/c1-3-4-5-6-16(2)18-11-13-20(14-12-18)19-9-7-17(15-21)8-10-19/h7-16H,3-6H2,1-2H3. The molecular weight excluding hydrogens is 256 g/mol. The summed E-state index contributed by atoms with van der Waals surface area (Å²) in [6, 6.07) is 16.6. The Morgan fingerprint density at radius 3 is 2.00 bits per heavy atom. The van der Waals surface area contributed by atoms with Crippen molar-refractivity contribution in [2.24, 2.45) is 0 Å². The fourth-order valence-corrected chi connectivity index (χ4v) is 2.63. The molecule has 0 aliphatic carbocycles. The Kier molecular flexibility index (Phi) is 5.74. The van der Waals surface area contributed by atoms with Crippen molar-refractivity contribution in [3.63, 3.8) is 0 Å².